The number of hydrogen-bond donors (Lipinski definition) is 1. The zero-order valence-electron chi connectivity index (χ0n) is 13.8. The summed E-state index contributed by atoms with van der Waals surface area (Å²) in [5.74, 6) is 0.617. The Morgan fingerprint density at radius 3 is 3.00 bits per heavy atom. The number of likely N-dealkylation sites (tertiary alicyclic amines) is 1. The number of nitrogens with one attached hydrogen (secondary N) is 1. The lowest BCUT2D eigenvalue weighted by Gasteiger charge is -2.26. The largest absolute Gasteiger partial charge is 0.352 e. The lowest BCUT2D eigenvalue weighted by atomic mass is 10.1. The van der Waals surface area contributed by atoms with Gasteiger partial charge in [-0.05, 0) is 31.2 Å². The van der Waals surface area contributed by atoms with Crippen molar-refractivity contribution < 1.29 is 9.59 Å². The van der Waals surface area contributed by atoms with Crippen LogP contribution in [0.15, 0.2) is 23.0 Å². The summed E-state index contributed by atoms with van der Waals surface area (Å²) in [5, 5.41) is 6.58. The quantitative estimate of drug-likeness (QED) is 0.924. The number of aromatic nitrogens is 2. The van der Waals surface area contributed by atoms with Crippen LogP contribution in [-0.4, -0.2) is 33.2 Å². The van der Waals surface area contributed by atoms with Crippen LogP contribution >= 0.6 is 11.3 Å². The lowest BCUT2D eigenvalue weighted by molar-refractivity contribution is -0.119. The Morgan fingerprint density at radius 1 is 1.46 bits per heavy atom. The van der Waals surface area contributed by atoms with Crippen molar-refractivity contribution in [2.75, 3.05) is 6.54 Å². The second kappa shape index (κ2) is 7.09. The van der Waals surface area contributed by atoms with Gasteiger partial charge in [-0.1, -0.05) is 0 Å². The van der Waals surface area contributed by atoms with E-state index in [-0.39, 0.29) is 17.9 Å². The van der Waals surface area contributed by atoms with Crippen molar-refractivity contribution in [1.82, 2.24) is 20.2 Å². The molecule has 3 heterocycles. The molecule has 126 valence electrons. The van der Waals surface area contributed by atoms with Gasteiger partial charge in [0, 0.05) is 37.2 Å². The first kappa shape index (κ1) is 16.6. The van der Waals surface area contributed by atoms with Crippen molar-refractivity contribution in [2.24, 2.45) is 0 Å². The molecule has 1 aliphatic rings. The molecule has 0 aromatic carbocycles. The Morgan fingerprint density at radius 2 is 2.29 bits per heavy atom. The van der Waals surface area contributed by atoms with Crippen LogP contribution in [-0.2, 0) is 11.3 Å². The molecule has 2 amide bonds. The van der Waals surface area contributed by atoms with E-state index in [0.29, 0.717) is 12.4 Å². The van der Waals surface area contributed by atoms with Gasteiger partial charge < -0.3 is 10.2 Å². The predicted molar refractivity (Wildman–Crippen MR) is 91.6 cm³/mol. The highest BCUT2D eigenvalue weighted by molar-refractivity contribution is 7.08. The van der Waals surface area contributed by atoms with Gasteiger partial charge >= 0.3 is 0 Å². The van der Waals surface area contributed by atoms with Crippen LogP contribution < -0.4 is 5.32 Å². The Hall–Kier alpha value is -2.28. The number of carbonyl (C=O) groups is 2. The van der Waals surface area contributed by atoms with Gasteiger partial charge in [0.1, 0.15) is 5.82 Å². The molecule has 24 heavy (non-hydrogen) atoms. The second-order valence-electron chi connectivity index (χ2n) is 5.91. The zero-order chi connectivity index (χ0) is 17.1. The van der Waals surface area contributed by atoms with Gasteiger partial charge in [-0.2, -0.15) is 11.3 Å². The summed E-state index contributed by atoms with van der Waals surface area (Å²) in [4.78, 5) is 34.7. The van der Waals surface area contributed by atoms with E-state index in [1.807, 2.05) is 28.7 Å². The van der Waals surface area contributed by atoms with Crippen LogP contribution in [0.2, 0.25) is 0 Å². The third kappa shape index (κ3) is 3.46. The average molecular weight is 344 g/mol. The maximum absolute atomic E-state index is 12.8. The highest BCUT2D eigenvalue weighted by Crippen LogP contribution is 2.34. The van der Waals surface area contributed by atoms with Crippen molar-refractivity contribution in [1.29, 1.82) is 0 Å². The SMILES string of the molecule is CC(=O)NCc1cnc(C)nc1C1CCCN1C(=O)c1ccsc1. The van der Waals surface area contributed by atoms with Gasteiger partial charge in [-0.25, -0.2) is 9.97 Å². The predicted octanol–water partition coefficient (Wildman–Crippen LogP) is 2.46. The van der Waals surface area contributed by atoms with Gasteiger partial charge in [-0.15, -0.1) is 0 Å². The number of hydrogen-bond acceptors (Lipinski definition) is 5. The van der Waals surface area contributed by atoms with Gasteiger partial charge in [-0.3, -0.25) is 9.59 Å². The molecule has 2 aromatic heterocycles. The Labute approximate surface area is 144 Å². The van der Waals surface area contributed by atoms with E-state index >= 15 is 0 Å². The van der Waals surface area contributed by atoms with Crippen molar-refractivity contribution in [3.63, 3.8) is 0 Å². The second-order valence-corrected chi connectivity index (χ2v) is 6.69. The smallest absolute Gasteiger partial charge is 0.255 e. The Kier molecular flexibility index (Phi) is 4.89. The number of nitrogens with zero attached hydrogens (tertiary/aromatic N) is 3. The molecule has 1 unspecified atom stereocenters. The number of rotatable bonds is 4. The first-order valence-corrected chi connectivity index (χ1v) is 8.90. The highest BCUT2D eigenvalue weighted by Gasteiger charge is 2.33. The van der Waals surface area contributed by atoms with Crippen molar-refractivity contribution in [2.45, 2.75) is 39.3 Å². The number of aryl methyl sites for hydroxylation is 1. The van der Waals surface area contributed by atoms with E-state index in [9.17, 15) is 9.59 Å². The van der Waals surface area contributed by atoms with Crippen molar-refractivity contribution in [3.8, 4) is 0 Å². The third-order valence-corrected chi connectivity index (χ3v) is 4.83. The van der Waals surface area contributed by atoms with Crippen LogP contribution in [0.5, 0.6) is 0 Å². The van der Waals surface area contributed by atoms with E-state index < -0.39 is 0 Å². The van der Waals surface area contributed by atoms with Gasteiger partial charge in [0.15, 0.2) is 0 Å². The van der Waals surface area contributed by atoms with Crippen LogP contribution in [0, 0.1) is 6.92 Å². The normalized spacial score (nSPS) is 17.1. The Bertz CT molecular complexity index is 745. The molecule has 0 saturated carbocycles. The first-order valence-electron chi connectivity index (χ1n) is 7.96. The molecular weight excluding hydrogens is 324 g/mol. The molecule has 1 N–H and O–H groups in total. The molecule has 0 aliphatic carbocycles. The molecule has 7 heteroatoms. The molecule has 6 nitrogen and oxygen atoms in total. The maximum atomic E-state index is 12.8. The molecule has 1 aliphatic heterocycles. The van der Waals surface area contributed by atoms with E-state index in [1.165, 1.54) is 18.3 Å². The standard InChI is InChI=1S/C17H20N4O2S/c1-11-18-8-14(9-19-12(2)22)16(20-11)15-4-3-6-21(15)17(23)13-5-7-24-10-13/h5,7-8,10,15H,3-4,6,9H2,1-2H3,(H,19,22). The van der Waals surface area contributed by atoms with Crippen LogP contribution in [0.25, 0.3) is 0 Å². The zero-order valence-corrected chi connectivity index (χ0v) is 14.6. The summed E-state index contributed by atoms with van der Waals surface area (Å²) in [6.07, 6.45) is 3.57. The summed E-state index contributed by atoms with van der Waals surface area (Å²) in [5.41, 5.74) is 2.43. The van der Waals surface area contributed by atoms with Crippen LogP contribution in [0.4, 0.5) is 0 Å². The summed E-state index contributed by atoms with van der Waals surface area (Å²) < 4.78 is 0. The summed E-state index contributed by atoms with van der Waals surface area (Å²) >= 11 is 1.52. The van der Waals surface area contributed by atoms with Crippen LogP contribution in [0.1, 0.15) is 53.2 Å². The van der Waals surface area contributed by atoms with Gasteiger partial charge in [0.2, 0.25) is 5.91 Å². The van der Waals surface area contributed by atoms with Crippen molar-refractivity contribution in [3.05, 3.63) is 45.7 Å². The van der Waals surface area contributed by atoms with E-state index in [1.54, 1.807) is 6.20 Å². The summed E-state index contributed by atoms with van der Waals surface area (Å²) in [6.45, 7) is 4.42. The van der Waals surface area contributed by atoms with E-state index in [2.05, 4.69) is 15.3 Å². The maximum Gasteiger partial charge on any atom is 0.255 e. The minimum atomic E-state index is -0.0980. The van der Waals surface area contributed by atoms with Gasteiger partial charge in [0.25, 0.3) is 5.91 Å². The lowest BCUT2D eigenvalue weighted by Crippen LogP contribution is -2.32. The van der Waals surface area contributed by atoms with E-state index in [4.69, 9.17) is 0 Å². The fraction of sp³-hybridized carbons (Fsp3) is 0.412. The molecule has 0 bridgehead atoms. The minimum Gasteiger partial charge on any atom is -0.352 e. The summed E-state index contributed by atoms with van der Waals surface area (Å²) in [7, 11) is 0. The Balaban J connectivity index is 1.90. The highest BCUT2D eigenvalue weighted by atomic mass is 32.1. The topological polar surface area (TPSA) is 75.2 Å². The fourth-order valence-electron chi connectivity index (χ4n) is 3.00. The molecule has 0 radical (unpaired) electrons. The fourth-order valence-corrected chi connectivity index (χ4v) is 3.63. The average Bonchev–Trinajstić information content (AvgIpc) is 3.24. The molecule has 1 atom stereocenters. The monoisotopic (exact) mass is 344 g/mol. The molecule has 2 aromatic rings. The molecule has 0 spiro atoms. The first-order chi connectivity index (χ1) is 11.6. The summed E-state index contributed by atoms with van der Waals surface area (Å²) in [6, 6.07) is 1.79. The molecule has 1 saturated heterocycles. The molecule has 1 fully saturated rings. The van der Waals surface area contributed by atoms with Crippen molar-refractivity contribution >= 4 is 23.2 Å². The van der Waals surface area contributed by atoms with E-state index in [0.717, 1.165) is 36.2 Å². The van der Waals surface area contributed by atoms with Gasteiger partial charge in [0.05, 0.1) is 17.3 Å². The molecular formula is C17H20N4O2S. The minimum absolute atomic E-state index is 0.0421. The number of thiophene rings is 1. The number of amides is 2. The number of carbonyl (C=O) groups excluding carboxylic acids is 2. The third-order valence-electron chi connectivity index (χ3n) is 4.14. The molecule has 3 rings (SSSR count). The van der Waals surface area contributed by atoms with Crippen LogP contribution in [0.3, 0.4) is 0 Å².